The molecule has 9 heteroatoms. The average Bonchev–Trinajstić information content (AvgIpc) is 2.68. The first kappa shape index (κ1) is 20.0. The van der Waals surface area contributed by atoms with Crippen molar-refractivity contribution in [3.8, 4) is 5.75 Å². The van der Waals surface area contributed by atoms with Gasteiger partial charge in [0, 0.05) is 6.07 Å². The van der Waals surface area contributed by atoms with E-state index in [4.69, 9.17) is 4.74 Å². The number of hydrazone groups is 1. The van der Waals surface area contributed by atoms with Crippen molar-refractivity contribution < 1.29 is 9.66 Å². The molecule has 0 unspecified atom stereocenters. The summed E-state index contributed by atoms with van der Waals surface area (Å²) in [6.45, 7) is 0.457. The predicted molar refractivity (Wildman–Crippen MR) is 115 cm³/mol. The summed E-state index contributed by atoms with van der Waals surface area (Å²) in [5.41, 5.74) is 4.55. The highest BCUT2D eigenvalue weighted by Gasteiger charge is 2.09. The van der Waals surface area contributed by atoms with E-state index in [-0.39, 0.29) is 5.69 Å². The molecule has 0 fully saturated rings. The molecule has 3 aromatic rings. The second-order valence-corrected chi connectivity index (χ2v) is 7.33. The number of aromatic nitrogens is 1. The average molecular weight is 506 g/mol. The Hall–Kier alpha value is -2.78. The molecule has 0 spiro atoms. The number of halogens is 2. The molecule has 0 aliphatic rings. The van der Waals surface area contributed by atoms with Gasteiger partial charge in [0.1, 0.15) is 24.4 Å². The molecule has 1 aromatic heterocycles. The minimum atomic E-state index is -0.503. The summed E-state index contributed by atoms with van der Waals surface area (Å²) in [7, 11) is 0. The SMILES string of the molecule is O=[N+]([O-])c1ccc(N/N=C\c2cc(Br)c(OCc3ccccc3)c(Br)c2)nc1. The second-order valence-electron chi connectivity index (χ2n) is 5.62. The molecule has 1 heterocycles. The molecule has 0 atom stereocenters. The van der Waals surface area contributed by atoms with Crippen molar-refractivity contribution in [2.45, 2.75) is 6.61 Å². The van der Waals surface area contributed by atoms with Gasteiger partial charge in [-0.05, 0) is 61.2 Å². The number of pyridine rings is 1. The van der Waals surface area contributed by atoms with E-state index in [0.29, 0.717) is 18.2 Å². The quantitative estimate of drug-likeness (QED) is 0.258. The van der Waals surface area contributed by atoms with Crippen LogP contribution in [0.15, 0.2) is 74.8 Å². The molecule has 0 radical (unpaired) electrons. The maximum absolute atomic E-state index is 10.6. The monoisotopic (exact) mass is 504 g/mol. The van der Waals surface area contributed by atoms with Gasteiger partial charge >= 0.3 is 0 Å². The third kappa shape index (κ3) is 5.37. The van der Waals surface area contributed by atoms with Crippen molar-refractivity contribution >= 4 is 49.6 Å². The smallest absolute Gasteiger partial charge is 0.287 e. The summed E-state index contributed by atoms with van der Waals surface area (Å²) in [5, 5.41) is 14.7. The van der Waals surface area contributed by atoms with Crippen LogP contribution in [-0.4, -0.2) is 16.1 Å². The van der Waals surface area contributed by atoms with Crippen LogP contribution < -0.4 is 10.2 Å². The molecule has 2 aromatic carbocycles. The fraction of sp³-hybridized carbons (Fsp3) is 0.0526. The Kier molecular flexibility index (Phi) is 6.72. The van der Waals surface area contributed by atoms with Gasteiger partial charge in [0.25, 0.3) is 5.69 Å². The Bertz CT molecular complexity index is 973. The molecule has 0 saturated carbocycles. The molecule has 0 bridgehead atoms. The van der Waals surface area contributed by atoms with Crippen molar-refractivity contribution in [2.75, 3.05) is 5.43 Å². The number of anilines is 1. The van der Waals surface area contributed by atoms with Crippen LogP contribution in [0.5, 0.6) is 5.75 Å². The Morgan fingerprint density at radius 1 is 1.14 bits per heavy atom. The van der Waals surface area contributed by atoms with Crippen LogP contribution in [0.1, 0.15) is 11.1 Å². The predicted octanol–water partition coefficient (Wildman–Crippen LogP) is 5.54. The summed E-state index contributed by atoms with van der Waals surface area (Å²) in [5.74, 6) is 1.11. The van der Waals surface area contributed by atoms with Crippen molar-refractivity contribution in [1.82, 2.24) is 4.98 Å². The van der Waals surface area contributed by atoms with Crippen LogP contribution in [0.4, 0.5) is 11.5 Å². The Morgan fingerprint density at radius 2 is 1.86 bits per heavy atom. The lowest BCUT2D eigenvalue weighted by Crippen LogP contribution is -1.98. The standard InChI is InChI=1S/C19H14Br2N4O3/c20-16-8-14(10-23-24-18-7-6-15(11-22-18)25(26)27)9-17(21)19(16)28-12-13-4-2-1-3-5-13/h1-11H,12H2,(H,22,24)/b23-10-. The van der Waals surface area contributed by atoms with Gasteiger partial charge in [-0.15, -0.1) is 0 Å². The lowest BCUT2D eigenvalue weighted by atomic mass is 10.2. The van der Waals surface area contributed by atoms with Crippen molar-refractivity contribution in [3.05, 3.63) is 91.0 Å². The van der Waals surface area contributed by atoms with Crippen LogP contribution >= 0.6 is 31.9 Å². The van der Waals surface area contributed by atoms with Crippen LogP contribution in [0.2, 0.25) is 0 Å². The molecule has 7 nitrogen and oxygen atoms in total. The molecule has 0 aliphatic heterocycles. The van der Waals surface area contributed by atoms with Gasteiger partial charge in [0.15, 0.2) is 0 Å². The normalized spacial score (nSPS) is 10.8. The van der Waals surface area contributed by atoms with E-state index < -0.39 is 4.92 Å². The highest BCUT2D eigenvalue weighted by atomic mass is 79.9. The van der Waals surface area contributed by atoms with Gasteiger partial charge < -0.3 is 4.74 Å². The molecule has 0 saturated heterocycles. The summed E-state index contributed by atoms with van der Waals surface area (Å²) in [6, 6.07) is 16.5. The molecule has 28 heavy (non-hydrogen) atoms. The zero-order valence-electron chi connectivity index (χ0n) is 14.4. The van der Waals surface area contributed by atoms with Crippen LogP contribution in [0, 0.1) is 10.1 Å². The van der Waals surface area contributed by atoms with Crippen molar-refractivity contribution in [3.63, 3.8) is 0 Å². The van der Waals surface area contributed by atoms with Crippen molar-refractivity contribution in [2.24, 2.45) is 5.10 Å². The minimum absolute atomic E-state index is 0.0755. The van der Waals surface area contributed by atoms with E-state index in [2.05, 4.69) is 47.4 Å². The maximum atomic E-state index is 10.6. The van der Waals surface area contributed by atoms with E-state index >= 15 is 0 Å². The lowest BCUT2D eigenvalue weighted by molar-refractivity contribution is -0.385. The first-order valence-corrected chi connectivity index (χ1v) is 9.67. The Labute approximate surface area is 177 Å². The van der Waals surface area contributed by atoms with Crippen LogP contribution in [0.3, 0.4) is 0 Å². The third-order valence-corrected chi connectivity index (χ3v) is 4.78. The molecule has 0 aliphatic carbocycles. The first-order chi connectivity index (χ1) is 13.5. The fourth-order valence-electron chi connectivity index (χ4n) is 2.25. The number of nitrogens with zero attached hydrogens (tertiary/aromatic N) is 3. The van der Waals surface area contributed by atoms with Gasteiger partial charge in [0.05, 0.1) is 20.1 Å². The number of ether oxygens (including phenoxy) is 1. The molecular formula is C19H14Br2N4O3. The summed E-state index contributed by atoms with van der Waals surface area (Å²) in [4.78, 5) is 14.1. The largest absolute Gasteiger partial charge is 0.487 e. The molecule has 142 valence electrons. The number of hydrogen-bond acceptors (Lipinski definition) is 6. The zero-order chi connectivity index (χ0) is 19.9. The molecule has 0 amide bonds. The number of benzene rings is 2. The lowest BCUT2D eigenvalue weighted by Gasteiger charge is -2.11. The van der Waals surface area contributed by atoms with Gasteiger partial charge in [-0.1, -0.05) is 30.3 Å². The van der Waals surface area contributed by atoms with E-state index in [1.165, 1.54) is 18.3 Å². The van der Waals surface area contributed by atoms with Gasteiger partial charge in [0.2, 0.25) is 0 Å². The van der Waals surface area contributed by atoms with Crippen molar-refractivity contribution in [1.29, 1.82) is 0 Å². The van der Waals surface area contributed by atoms with Crippen LogP contribution in [0.25, 0.3) is 0 Å². The highest BCUT2D eigenvalue weighted by molar-refractivity contribution is 9.11. The number of rotatable bonds is 7. The summed E-state index contributed by atoms with van der Waals surface area (Å²) in [6.07, 6.45) is 2.78. The van der Waals surface area contributed by atoms with E-state index in [9.17, 15) is 10.1 Å². The second kappa shape index (κ2) is 9.43. The minimum Gasteiger partial charge on any atom is -0.487 e. The van der Waals surface area contributed by atoms with Crippen LogP contribution in [-0.2, 0) is 6.61 Å². The molecular weight excluding hydrogens is 492 g/mol. The van der Waals surface area contributed by atoms with E-state index in [0.717, 1.165) is 20.1 Å². The number of nitro groups is 1. The first-order valence-electron chi connectivity index (χ1n) is 8.08. The summed E-state index contributed by atoms with van der Waals surface area (Å²) < 4.78 is 7.46. The maximum Gasteiger partial charge on any atom is 0.287 e. The van der Waals surface area contributed by atoms with E-state index in [1.807, 2.05) is 42.5 Å². The van der Waals surface area contributed by atoms with Gasteiger partial charge in [-0.2, -0.15) is 5.10 Å². The molecule has 3 rings (SSSR count). The van der Waals surface area contributed by atoms with E-state index in [1.54, 1.807) is 6.21 Å². The Morgan fingerprint density at radius 3 is 2.46 bits per heavy atom. The third-order valence-electron chi connectivity index (χ3n) is 3.60. The number of hydrogen-bond donors (Lipinski definition) is 1. The number of nitrogens with one attached hydrogen (secondary N) is 1. The Balaban J connectivity index is 1.64. The topological polar surface area (TPSA) is 89.7 Å². The molecule has 1 N–H and O–H groups in total. The zero-order valence-corrected chi connectivity index (χ0v) is 17.6. The summed E-state index contributed by atoms with van der Waals surface area (Å²) >= 11 is 7.03. The van der Waals surface area contributed by atoms with Gasteiger partial charge in [-0.3, -0.25) is 15.5 Å². The highest BCUT2D eigenvalue weighted by Crippen LogP contribution is 2.35. The van der Waals surface area contributed by atoms with Gasteiger partial charge in [-0.25, -0.2) is 4.98 Å². The fourth-order valence-corrected chi connectivity index (χ4v) is 3.71.